The Hall–Kier alpha value is -2.27. The largest absolute Gasteiger partial charge is 0.465 e. The lowest BCUT2D eigenvalue weighted by Crippen LogP contribution is -2.59. The van der Waals surface area contributed by atoms with Crippen LogP contribution in [-0.4, -0.2) is 120 Å². The smallest absolute Gasteiger partial charge is 0.312 e. The summed E-state index contributed by atoms with van der Waals surface area (Å²) >= 11 is 0. The lowest BCUT2D eigenvalue weighted by Gasteiger charge is -2.40. The van der Waals surface area contributed by atoms with Crippen LogP contribution in [0.1, 0.15) is 47.0 Å². The quantitative estimate of drug-likeness (QED) is 0.190. The molecule has 4 saturated heterocycles. The van der Waals surface area contributed by atoms with Crippen molar-refractivity contribution in [2.75, 3.05) is 59.2 Å². The Morgan fingerprint density at radius 2 is 1.95 bits per heavy atom. The number of hydrogen-bond acceptors (Lipinski definition) is 8. The van der Waals surface area contributed by atoms with Gasteiger partial charge in [-0.15, -0.1) is 13.2 Å². The third kappa shape index (κ3) is 5.72. The summed E-state index contributed by atoms with van der Waals surface area (Å²) in [6, 6.07) is -1.54. The fourth-order valence-corrected chi connectivity index (χ4v) is 7.57. The Bertz CT molecular complexity index is 998. The van der Waals surface area contributed by atoms with Crippen LogP contribution in [0.5, 0.6) is 0 Å². The normalized spacial score (nSPS) is 33.6. The van der Waals surface area contributed by atoms with Crippen molar-refractivity contribution < 1.29 is 33.7 Å². The lowest BCUT2D eigenvalue weighted by molar-refractivity contribution is -0.164. The molecule has 230 valence electrons. The van der Waals surface area contributed by atoms with E-state index in [0.29, 0.717) is 52.1 Å². The van der Waals surface area contributed by atoms with E-state index in [-0.39, 0.29) is 36.9 Å². The molecule has 0 saturated carbocycles. The van der Waals surface area contributed by atoms with Gasteiger partial charge in [-0.2, -0.15) is 0 Å². The number of hydrogen-bond donors (Lipinski definition) is 1. The first-order valence-electron chi connectivity index (χ1n) is 15.2. The average molecular weight is 576 g/mol. The van der Waals surface area contributed by atoms with Crippen LogP contribution >= 0.6 is 0 Å². The van der Waals surface area contributed by atoms with Crippen LogP contribution in [0.2, 0.25) is 0 Å². The van der Waals surface area contributed by atoms with Crippen molar-refractivity contribution >= 4 is 17.8 Å². The van der Waals surface area contributed by atoms with E-state index in [1.165, 1.54) is 0 Å². The van der Waals surface area contributed by atoms with Gasteiger partial charge in [0.05, 0.1) is 44.0 Å². The highest BCUT2D eigenvalue weighted by Crippen LogP contribution is 2.65. The second-order valence-electron chi connectivity index (χ2n) is 12.7. The van der Waals surface area contributed by atoms with Crippen LogP contribution < -0.4 is 0 Å². The summed E-state index contributed by atoms with van der Waals surface area (Å²) in [5, 5.41) is 10.5. The van der Waals surface area contributed by atoms with E-state index in [4.69, 9.17) is 14.2 Å². The van der Waals surface area contributed by atoms with E-state index in [9.17, 15) is 19.5 Å². The number of ether oxygens (including phenoxy) is 3. The molecule has 3 unspecified atom stereocenters. The van der Waals surface area contributed by atoms with Crippen molar-refractivity contribution in [2.45, 2.75) is 70.2 Å². The number of fused-ring (bicyclic) bond motifs is 1. The Labute approximate surface area is 244 Å². The average Bonchev–Trinajstić information content (AvgIpc) is 3.46. The van der Waals surface area contributed by atoms with Gasteiger partial charge < -0.3 is 29.1 Å². The third-order valence-corrected chi connectivity index (χ3v) is 9.61. The van der Waals surface area contributed by atoms with Crippen LogP contribution in [0, 0.1) is 23.7 Å². The number of carbonyl (C=O) groups excluding carboxylic acids is 3. The summed E-state index contributed by atoms with van der Waals surface area (Å²) in [5.41, 5.74) is -2.13. The lowest BCUT2D eigenvalue weighted by atomic mass is 9.62. The molecule has 0 radical (unpaired) electrons. The highest BCUT2D eigenvalue weighted by molar-refractivity contribution is 5.98. The molecule has 0 aromatic rings. The van der Waals surface area contributed by atoms with E-state index in [2.05, 4.69) is 18.1 Å². The SMILES string of the molecule is C=CCCOC(=O)[C@@H]1[C@H]2C(=O)N([C@@H](CO)CC(C)C)C(C(=O)N(CC=C)CCN3CCOCC3)C23CC(C)[C@@]1(C)O3. The minimum atomic E-state index is -1.19. The van der Waals surface area contributed by atoms with Crippen molar-refractivity contribution in [1.29, 1.82) is 0 Å². The Morgan fingerprint density at radius 3 is 2.56 bits per heavy atom. The molecule has 1 spiro atoms. The van der Waals surface area contributed by atoms with Gasteiger partial charge >= 0.3 is 5.97 Å². The molecule has 4 aliphatic heterocycles. The van der Waals surface area contributed by atoms with Crippen molar-refractivity contribution in [2.24, 2.45) is 23.7 Å². The second-order valence-corrected chi connectivity index (χ2v) is 12.7. The molecule has 2 bridgehead atoms. The van der Waals surface area contributed by atoms with Crippen molar-refractivity contribution in [1.82, 2.24) is 14.7 Å². The zero-order chi connectivity index (χ0) is 29.9. The van der Waals surface area contributed by atoms with Gasteiger partial charge in [0.2, 0.25) is 11.8 Å². The highest BCUT2D eigenvalue weighted by atomic mass is 16.6. The van der Waals surface area contributed by atoms with Gasteiger partial charge in [0.1, 0.15) is 17.6 Å². The maximum atomic E-state index is 14.6. The molecule has 10 nitrogen and oxygen atoms in total. The minimum absolute atomic E-state index is 0.0855. The Kier molecular flexibility index (Phi) is 9.99. The topological polar surface area (TPSA) is 109 Å². The summed E-state index contributed by atoms with van der Waals surface area (Å²) in [5.74, 6) is -2.63. The summed E-state index contributed by atoms with van der Waals surface area (Å²) in [6.45, 7) is 19.8. The predicted molar refractivity (Wildman–Crippen MR) is 154 cm³/mol. The van der Waals surface area contributed by atoms with Crippen LogP contribution in [0.3, 0.4) is 0 Å². The zero-order valence-electron chi connectivity index (χ0n) is 25.3. The number of aliphatic hydroxyl groups excluding tert-OH is 1. The number of nitrogens with zero attached hydrogens (tertiary/aromatic N) is 3. The van der Waals surface area contributed by atoms with Gasteiger partial charge in [-0.05, 0) is 38.0 Å². The molecule has 0 aliphatic carbocycles. The molecule has 7 atom stereocenters. The number of esters is 1. The number of likely N-dealkylation sites (tertiary alicyclic amines) is 1. The van der Waals surface area contributed by atoms with E-state index in [1.54, 1.807) is 22.0 Å². The fourth-order valence-electron chi connectivity index (χ4n) is 7.57. The summed E-state index contributed by atoms with van der Waals surface area (Å²) in [7, 11) is 0. The van der Waals surface area contributed by atoms with Crippen molar-refractivity contribution in [3.63, 3.8) is 0 Å². The molecule has 0 aromatic carbocycles. The van der Waals surface area contributed by atoms with Gasteiger partial charge in [0.25, 0.3) is 0 Å². The zero-order valence-corrected chi connectivity index (χ0v) is 25.3. The Morgan fingerprint density at radius 1 is 1.24 bits per heavy atom. The highest BCUT2D eigenvalue weighted by Gasteiger charge is 2.80. The maximum Gasteiger partial charge on any atom is 0.312 e. The van der Waals surface area contributed by atoms with Gasteiger partial charge in [0.15, 0.2) is 0 Å². The van der Waals surface area contributed by atoms with Crippen molar-refractivity contribution in [3.05, 3.63) is 25.3 Å². The van der Waals surface area contributed by atoms with E-state index < -0.39 is 41.1 Å². The first kappa shape index (κ1) is 31.7. The summed E-state index contributed by atoms with van der Waals surface area (Å²) in [6.07, 6.45) is 4.86. The maximum absolute atomic E-state index is 14.6. The van der Waals surface area contributed by atoms with Gasteiger partial charge in [-0.3, -0.25) is 19.3 Å². The molecule has 0 aromatic heterocycles. The van der Waals surface area contributed by atoms with Gasteiger partial charge in [0, 0.05) is 32.7 Å². The molecule has 4 heterocycles. The van der Waals surface area contributed by atoms with E-state index in [0.717, 1.165) is 13.1 Å². The molecule has 2 amide bonds. The first-order chi connectivity index (χ1) is 19.5. The van der Waals surface area contributed by atoms with E-state index in [1.807, 2.05) is 27.7 Å². The fraction of sp³-hybridized carbons (Fsp3) is 0.774. The molecule has 10 heteroatoms. The van der Waals surface area contributed by atoms with Crippen molar-refractivity contribution in [3.8, 4) is 0 Å². The van der Waals surface area contributed by atoms with Crippen LogP contribution in [0.15, 0.2) is 25.3 Å². The summed E-state index contributed by atoms with van der Waals surface area (Å²) in [4.78, 5) is 48.2. The van der Waals surface area contributed by atoms with Gasteiger partial charge in [-0.25, -0.2) is 0 Å². The summed E-state index contributed by atoms with van der Waals surface area (Å²) < 4.78 is 17.9. The third-order valence-electron chi connectivity index (χ3n) is 9.61. The molecular formula is C31H49N3O7. The predicted octanol–water partition coefficient (Wildman–Crippen LogP) is 1.87. The monoisotopic (exact) mass is 575 g/mol. The molecular weight excluding hydrogens is 526 g/mol. The number of amides is 2. The molecule has 4 fully saturated rings. The first-order valence-corrected chi connectivity index (χ1v) is 15.2. The van der Waals surface area contributed by atoms with Crippen LogP contribution in [0.4, 0.5) is 0 Å². The van der Waals surface area contributed by atoms with Crippen LogP contribution in [0.25, 0.3) is 0 Å². The van der Waals surface area contributed by atoms with Crippen LogP contribution in [-0.2, 0) is 28.6 Å². The van der Waals surface area contributed by atoms with E-state index >= 15 is 0 Å². The number of morpholine rings is 1. The number of aliphatic hydroxyl groups is 1. The van der Waals surface area contributed by atoms with Gasteiger partial charge in [-0.1, -0.05) is 32.9 Å². The standard InChI is InChI=1S/C31H49N3O7/c1-7-9-15-40-29(38)25-24-27(36)34(23(20-35)18-21(3)4)26(31(24)19-22(5)30(25,6)41-31)28(37)33(10-8-2)12-11-32-13-16-39-17-14-32/h7-8,21-26,35H,1-2,9-20H2,3-6H3/t22?,23-,24+,25+,26?,30-,31?/m1/s1. The molecule has 41 heavy (non-hydrogen) atoms. The Balaban J connectivity index is 1.73. The molecule has 1 N–H and O–H groups in total. The molecule has 4 aliphatic rings. The minimum Gasteiger partial charge on any atom is -0.465 e. The number of carbonyl (C=O) groups is 3. The molecule has 4 rings (SSSR count). The number of rotatable bonds is 14. The second kappa shape index (κ2) is 12.9.